The molecule has 0 atom stereocenters. The van der Waals surface area contributed by atoms with E-state index in [0.717, 1.165) is 5.69 Å². The number of benzene rings is 2. The molecule has 0 spiro atoms. The highest BCUT2D eigenvalue weighted by Gasteiger charge is 2.14. The van der Waals surface area contributed by atoms with E-state index in [9.17, 15) is 9.59 Å². The normalized spacial score (nSPS) is 9.86. The largest absolute Gasteiger partial charge is 0.465 e. The van der Waals surface area contributed by atoms with Crippen LogP contribution >= 0.6 is 0 Å². The molecule has 138 valence electrons. The van der Waals surface area contributed by atoms with Gasteiger partial charge in [-0.25, -0.2) is 4.79 Å². The van der Waals surface area contributed by atoms with Crippen molar-refractivity contribution in [1.82, 2.24) is 4.98 Å². The fraction of sp³-hybridized carbons (Fsp3) is 0.0476. The Labute approximate surface area is 161 Å². The highest BCUT2D eigenvalue weighted by molar-refractivity contribution is 6.08. The monoisotopic (exact) mass is 372 g/mol. The van der Waals surface area contributed by atoms with E-state index < -0.39 is 11.9 Å². The summed E-state index contributed by atoms with van der Waals surface area (Å²) in [6.45, 7) is 0. The molecule has 2 aromatic carbocycles. The van der Waals surface area contributed by atoms with Crippen LogP contribution < -0.4 is 10.6 Å². The summed E-state index contributed by atoms with van der Waals surface area (Å²) in [6.07, 6.45) is 3.01. The lowest BCUT2D eigenvalue weighted by atomic mass is 10.1. The van der Waals surface area contributed by atoms with Crippen molar-refractivity contribution in [3.8, 4) is 6.07 Å². The number of esters is 1. The number of hydrogen-bond acceptors (Lipinski definition) is 6. The van der Waals surface area contributed by atoms with Gasteiger partial charge in [-0.05, 0) is 42.5 Å². The number of para-hydroxylation sites is 1. The molecule has 3 rings (SSSR count). The van der Waals surface area contributed by atoms with E-state index in [1.165, 1.54) is 13.3 Å². The number of amides is 1. The van der Waals surface area contributed by atoms with Gasteiger partial charge in [0.25, 0.3) is 5.91 Å². The van der Waals surface area contributed by atoms with Gasteiger partial charge in [-0.1, -0.05) is 12.1 Å². The minimum absolute atomic E-state index is 0.262. The molecule has 28 heavy (non-hydrogen) atoms. The Hall–Kier alpha value is -4.18. The number of carbonyl (C=O) groups excluding carboxylic acids is 2. The molecule has 2 N–H and O–H groups in total. The quantitative estimate of drug-likeness (QED) is 0.661. The standard InChI is InChI=1S/C21H16N4O3/c1-28-21(27)18-4-2-3-5-19(18)25-20(26)15-10-17(13-23-12-15)24-16-8-6-14(11-22)7-9-16/h2-10,12-13,24H,1H3,(H,25,26). The fourth-order valence-electron chi connectivity index (χ4n) is 2.50. The summed E-state index contributed by atoms with van der Waals surface area (Å²) >= 11 is 0. The number of nitrogens with one attached hydrogen (secondary N) is 2. The average molecular weight is 372 g/mol. The smallest absolute Gasteiger partial charge is 0.339 e. The van der Waals surface area contributed by atoms with E-state index in [1.807, 2.05) is 0 Å². The molecular weight excluding hydrogens is 356 g/mol. The van der Waals surface area contributed by atoms with Crippen LogP contribution in [0.1, 0.15) is 26.3 Å². The molecule has 0 aliphatic rings. The number of carbonyl (C=O) groups is 2. The SMILES string of the molecule is COC(=O)c1ccccc1NC(=O)c1cncc(Nc2ccc(C#N)cc2)c1. The minimum Gasteiger partial charge on any atom is -0.465 e. The molecule has 0 aliphatic carbocycles. The van der Waals surface area contributed by atoms with Gasteiger partial charge in [-0.3, -0.25) is 9.78 Å². The van der Waals surface area contributed by atoms with E-state index in [-0.39, 0.29) is 5.56 Å². The second-order valence-electron chi connectivity index (χ2n) is 5.77. The lowest BCUT2D eigenvalue weighted by Gasteiger charge is -2.11. The summed E-state index contributed by atoms with van der Waals surface area (Å²) in [4.78, 5) is 28.5. The molecule has 0 fully saturated rings. The molecule has 7 heteroatoms. The van der Waals surface area contributed by atoms with Crippen LogP contribution in [0.4, 0.5) is 17.1 Å². The van der Waals surface area contributed by atoms with Crippen LogP contribution in [-0.2, 0) is 4.74 Å². The molecule has 0 radical (unpaired) electrons. The van der Waals surface area contributed by atoms with Crippen LogP contribution in [0, 0.1) is 11.3 Å². The number of nitriles is 1. The van der Waals surface area contributed by atoms with Crippen molar-refractivity contribution in [2.24, 2.45) is 0 Å². The molecule has 0 saturated heterocycles. The number of methoxy groups -OCH3 is 1. The first-order valence-electron chi connectivity index (χ1n) is 8.31. The van der Waals surface area contributed by atoms with E-state index in [4.69, 9.17) is 10.00 Å². The fourth-order valence-corrected chi connectivity index (χ4v) is 2.50. The zero-order valence-corrected chi connectivity index (χ0v) is 15.0. The summed E-state index contributed by atoms with van der Waals surface area (Å²) in [5.74, 6) is -0.947. The Morgan fingerprint density at radius 1 is 1.04 bits per heavy atom. The lowest BCUT2D eigenvalue weighted by molar-refractivity contribution is 0.0602. The van der Waals surface area contributed by atoms with Crippen molar-refractivity contribution in [2.75, 3.05) is 17.7 Å². The maximum absolute atomic E-state index is 12.6. The van der Waals surface area contributed by atoms with E-state index in [1.54, 1.807) is 60.8 Å². The number of nitrogens with zero attached hydrogens (tertiary/aromatic N) is 2. The third-order valence-electron chi connectivity index (χ3n) is 3.88. The first kappa shape index (κ1) is 18.6. The van der Waals surface area contributed by atoms with Gasteiger partial charge < -0.3 is 15.4 Å². The predicted molar refractivity (Wildman–Crippen MR) is 104 cm³/mol. The second kappa shape index (κ2) is 8.47. The zero-order valence-electron chi connectivity index (χ0n) is 15.0. The van der Waals surface area contributed by atoms with Crippen molar-refractivity contribution in [1.29, 1.82) is 5.26 Å². The first-order chi connectivity index (χ1) is 13.6. The third-order valence-corrected chi connectivity index (χ3v) is 3.88. The van der Waals surface area contributed by atoms with E-state index in [0.29, 0.717) is 22.5 Å². The molecule has 0 saturated carbocycles. The Morgan fingerprint density at radius 3 is 2.50 bits per heavy atom. The molecule has 1 aromatic heterocycles. The number of ether oxygens (including phenoxy) is 1. The number of anilines is 3. The number of rotatable bonds is 5. The molecule has 1 heterocycles. The molecule has 3 aromatic rings. The molecule has 1 amide bonds. The van der Waals surface area contributed by atoms with Gasteiger partial charge >= 0.3 is 5.97 Å². The molecule has 0 bridgehead atoms. The van der Waals surface area contributed by atoms with Gasteiger partial charge in [0.1, 0.15) is 0 Å². The predicted octanol–water partition coefficient (Wildman–Crippen LogP) is 3.74. The van der Waals surface area contributed by atoms with Crippen molar-refractivity contribution < 1.29 is 14.3 Å². The van der Waals surface area contributed by atoms with Crippen LogP contribution in [-0.4, -0.2) is 24.0 Å². The summed E-state index contributed by atoms with van der Waals surface area (Å²) in [5, 5.41) is 14.7. The van der Waals surface area contributed by atoms with E-state index >= 15 is 0 Å². The molecule has 7 nitrogen and oxygen atoms in total. The minimum atomic E-state index is -0.537. The Kier molecular flexibility index (Phi) is 5.63. The van der Waals surface area contributed by atoms with Crippen LogP contribution in [0.15, 0.2) is 67.0 Å². The van der Waals surface area contributed by atoms with Crippen molar-refractivity contribution in [3.63, 3.8) is 0 Å². The summed E-state index contributed by atoms with van der Waals surface area (Å²) < 4.78 is 4.73. The van der Waals surface area contributed by atoms with Gasteiger partial charge in [0.2, 0.25) is 0 Å². The van der Waals surface area contributed by atoms with Gasteiger partial charge in [-0.2, -0.15) is 5.26 Å². The molecular formula is C21H16N4O3. The average Bonchev–Trinajstić information content (AvgIpc) is 2.74. The highest BCUT2D eigenvalue weighted by atomic mass is 16.5. The summed E-state index contributed by atoms with van der Waals surface area (Å²) in [7, 11) is 1.28. The molecule has 0 aliphatic heterocycles. The summed E-state index contributed by atoms with van der Waals surface area (Å²) in [5.41, 5.74) is 2.86. The first-order valence-corrected chi connectivity index (χ1v) is 8.31. The van der Waals surface area contributed by atoms with Crippen molar-refractivity contribution in [2.45, 2.75) is 0 Å². The van der Waals surface area contributed by atoms with Crippen LogP contribution in [0.5, 0.6) is 0 Å². The topological polar surface area (TPSA) is 104 Å². The van der Waals surface area contributed by atoms with Gasteiger partial charge in [0.15, 0.2) is 0 Å². The second-order valence-corrected chi connectivity index (χ2v) is 5.77. The van der Waals surface area contributed by atoms with E-state index in [2.05, 4.69) is 21.7 Å². The van der Waals surface area contributed by atoms with Crippen molar-refractivity contribution >= 4 is 28.9 Å². The van der Waals surface area contributed by atoms with Gasteiger partial charge in [-0.15, -0.1) is 0 Å². The van der Waals surface area contributed by atoms with Crippen LogP contribution in [0.3, 0.4) is 0 Å². The van der Waals surface area contributed by atoms with Gasteiger partial charge in [0, 0.05) is 11.9 Å². The highest BCUT2D eigenvalue weighted by Crippen LogP contribution is 2.20. The van der Waals surface area contributed by atoms with Crippen LogP contribution in [0.25, 0.3) is 0 Å². The molecule has 0 unspecified atom stereocenters. The Morgan fingerprint density at radius 2 is 1.79 bits per heavy atom. The number of pyridine rings is 1. The maximum atomic E-state index is 12.6. The maximum Gasteiger partial charge on any atom is 0.339 e. The van der Waals surface area contributed by atoms with Crippen molar-refractivity contribution in [3.05, 3.63) is 83.7 Å². The number of aromatic nitrogens is 1. The number of hydrogen-bond donors (Lipinski definition) is 2. The Bertz CT molecular complexity index is 1060. The lowest BCUT2D eigenvalue weighted by Crippen LogP contribution is -2.15. The Balaban J connectivity index is 1.77. The van der Waals surface area contributed by atoms with Crippen LogP contribution in [0.2, 0.25) is 0 Å². The van der Waals surface area contributed by atoms with Gasteiger partial charge in [0.05, 0.1) is 47.4 Å². The zero-order chi connectivity index (χ0) is 19.9. The third kappa shape index (κ3) is 4.31. The summed E-state index contributed by atoms with van der Waals surface area (Å²) in [6, 6.07) is 17.2.